The first-order valence-corrected chi connectivity index (χ1v) is 5.47. The van der Waals surface area contributed by atoms with Crippen LogP contribution >= 0.6 is 15.9 Å². The number of benzene rings is 1. The van der Waals surface area contributed by atoms with Crippen molar-refractivity contribution in [3.63, 3.8) is 0 Å². The van der Waals surface area contributed by atoms with Gasteiger partial charge in [0.2, 0.25) is 0 Å². The van der Waals surface area contributed by atoms with Crippen LogP contribution in [0.4, 0.5) is 5.69 Å². The molecule has 15 heavy (non-hydrogen) atoms. The van der Waals surface area contributed by atoms with E-state index in [1.807, 2.05) is 32.4 Å². The molecule has 0 saturated carbocycles. The first kappa shape index (κ1) is 10.2. The molecule has 0 fully saturated rings. The Morgan fingerprint density at radius 3 is 2.67 bits per heavy atom. The van der Waals surface area contributed by atoms with Gasteiger partial charge in [-0.3, -0.25) is 4.68 Å². The van der Waals surface area contributed by atoms with Crippen molar-refractivity contribution in [2.75, 3.05) is 12.4 Å². The van der Waals surface area contributed by atoms with Crippen LogP contribution in [0.1, 0.15) is 0 Å². The van der Waals surface area contributed by atoms with Crippen molar-refractivity contribution in [1.29, 1.82) is 0 Å². The Morgan fingerprint density at radius 2 is 2.13 bits per heavy atom. The fraction of sp³-hybridized carbons (Fsp3) is 0.182. The quantitative estimate of drug-likeness (QED) is 0.905. The second-order valence-electron chi connectivity index (χ2n) is 3.32. The van der Waals surface area contributed by atoms with E-state index in [1.165, 1.54) is 0 Å². The first-order valence-electron chi connectivity index (χ1n) is 4.68. The van der Waals surface area contributed by atoms with E-state index in [1.54, 1.807) is 4.68 Å². The van der Waals surface area contributed by atoms with Gasteiger partial charge in [0.15, 0.2) is 0 Å². The molecule has 1 aromatic carbocycles. The number of aryl methyl sites for hydroxylation is 1. The van der Waals surface area contributed by atoms with Crippen molar-refractivity contribution in [2.45, 2.75) is 0 Å². The molecule has 0 amide bonds. The van der Waals surface area contributed by atoms with Gasteiger partial charge in [-0.15, -0.1) is 0 Å². The maximum absolute atomic E-state index is 4.35. The van der Waals surface area contributed by atoms with Crippen molar-refractivity contribution in [2.24, 2.45) is 7.05 Å². The van der Waals surface area contributed by atoms with Crippen LogP contribution in [0.3, 0.4) is 0 Å². The predicted octanol–water partition coefficient (Wildman–Crippen LogP) is 2.89. The summed E-state index contributed by atoms with van der Waals surface area (Å²) >= 11 is 3.51. The highest BCUT2D eigenvalue weighted by atomic mass is 79.9. The summed E-state index contributed by atoms with van der Waals surface area (Å²) in [6.45, 7) is 0. The lowest BCUT2D eigenvalue weighted by molar-refractivity contribution is 0.771. The normalized spacial score (nSPS) is 10.3. The minimum Gasteiger partial charge on any atom is -0.387 e. The molecule has 0 aliphatic carbocycles. The van der Waals surface area contributed by atoms with Gasteiger partial charge in [0.05, 0.1) is 5.69 Å². The largest absolute Gasteiger partial charge is 0.387 e. The fourth-order valence-corrected chi connectivity index (χ4v) is 2.02. The third-order valence-electron chi connectivity index (χ3n) is 2.25. The van der Waals surface area contributed by atoms with Gasteiger partial charge in [-0.25, -0.2) is 0 Å². The van der Waals surface area contributed by atoms with Crippen LogP contribution < -0.4 is 5.32 Å². The van der Waals surface area contributed by atoms with Gasteiger partial charge in [-0.05, 0) is 34.1 Å². The summed E-state index contributed by atoms with van der Waals surface area (Å²) in [6, 6.07) is 8.15. The van der Waals surface area contributed by atoms with Gasteiger partial charge in [0.1, 0.15) is 0 Å². The topological polar surface area (TPSA) is 29.9 Å². The van der Waals surface area contributed by atoms with Crippen LogP contribution in [-0.2, 0) is 7.05 Å². The average molecular weight is 266 g/mol. The molecule has 1 heterocycles. The molecule has 2 aromatic rings. The maximum atomic E-state index is 4.35. The molecule has 3 nitrogen and oxygen atoms in total. The zero-order chi connectivity index (χ0) is 10.8. The molecule has 0 radical (unpaired) electrons. The van der Waals surface area contributed by atoms with Crippen LogP contribution in [0.25, 0.3) is 11.3 Å². The maximum Gasteiger partial charge on any atom is 0.0923 e. The van der Waals surface area contributed by atoms with Crippen LogP contribution in [0, 0.1) is 0 Å². The number of rotatable bonds is 2. The Bertz CT molecular complexity index is 476. The van der Waals surface area contributed by atoms with Gasteiger partial charge < -0.3 is 5.32 Å². The number of nitrogens with zero attached hydrogens (tertiary/aromatic N) is 2. The van der Waals surface area contributed by atoms with Crippen molar-refractivity contribution >= 4 is 21.6 Å². The van der Waals surface area contributed by atoms with Gasteiger partial charge in [-0.1, -0.05) is 6.07 Å². The minimum atomic E-state index is 0.987. The molecule has 78 valence electrons. The molecule has 0 atom stereocenters. The first-order chi connectivity index (χ1) is 7.20. The van der Waals surface area contributed by atoms with Crippen molar-refractivity contribution in [3.05, 3.63) is 34.9 Å². The number of halogens is 1. The Kier molecular flexibility index (Phi) is 2.77. The highest BCUT2D eigenvalue weighted by molar-refractivity contribution is 9.10. The molecule has 1 aromatic heterocycles. The molecule has 0 unspecified atom stereocenters. The highest BCUT2D eigenvalue weighted by Gasteiger charge is 2.04. The number of anilines is 1. The molecule has 0 aliphatic rings. The summed E-state index contributed by atoms with van der Waals surface area (Å²) in [5.41, 5.74) is 3.18. The van der Waals surface area contributed by atoms with E-state index >= 15 is 0 Å². The van der Waals surface area contributed by atoms with E-state index in [0.29, 0.717) is 0 Å². The zero-order valence-electron chi connectivity index (χ0n) is 8.66. The van der Waals surface area contributed by atoms with E-state index in [4.69, 9.17) is 0 Å². The minimum absolute atomic E-state index is 0.987. The van der Waals surface area contributed by atoms with Gasteiger partial charge in [-0.2, -0.15) is 5.10 Å². The lowest BCUT2D eigenvalue weighted by Gasteiger charge is -2.04. The van der Waals surface area contributed by atoms with E-state index in [-0.39, 0.29) is 0 Å². The third kappa shape index (κ3) is 2.04. The average Bonchev–Trinajstić information content (AvgIpc) is 2.65. The summed E-state index contributed by atoms with van der Waals surface area (Å²) in [5.74, 6) is 0. The Hall–Kier alpha value is -1.29. The lowest BCUT2D eigenvalue weighted by Crippen LogP contribution is -1.91. The number of hydrogen-bond donors (Lipinski definition) is 1. The summed E-state index contributed by atoms with van der Waals surface area (Å²) in [4.78, 5) is 0. The Morgan fingerprint density at radius 1 is 1.33 bits per heavy atom. The summed E-state index contributed by atoms with van der Waals surface area (Å²) in [5, 5.41) is 7.46. The molecule has 1 N–H and O–H groups in total. The molecular formula is C11H12BrN3. The van der Waals surface area contributed by atoms with Crippen molar-refractivity contribution in [1.82, 2.24) is 9.78 Å². The smallest absolute Gasteiger partial charge is 0.0923 e. The van der Waals surface area contributed by atoms with Crippen LogP contribution in [0.2, 0.25) is 0 Å². The molecule has 2 rings (SSSR count). The molecule has 0 aliphatic heterocycles. The van der Waals surface area contributed by atoms with E-state index in [9.17, 15) is 0 Å². The number of hydrogen-bond acceptors (Lipinski definition) is 2. The Labute approximate surface area is 97.2 Å². The summed E-state index contributed by atoms with van der Waals surface area (Å²) < 4.78 is 2.85. The summed E-state index contributed by atoms with van der Waals surface area (Å²) in [6.07, 6.45) is 1.94. The fourth-order valence-electron chi connectivity index (χ4n) is 1.45. The second-order valence-corrected chi connectivity index (χ2v) is 4.17. The molecule has 0 spiro atoms. The van der Waals surface area contributed by atoms with E-state index in [2.05, 4.69) is 38.5 Å². The standard InChI is InChI=1S/C11H12BrN3/c1-13-11-4-3-8(7-9(11)12)10-5-6-15(2)14-10/h3-7,13H,1-2H3. The molecule has 4 heteroatoms. The number of nitrogens with one attached hydrogen (secondary N) is 1. The van der Waals surface area contributed by atoms with Crippen LogP contribution in [-0.4, -0.2) is 16.8 Å². The van der Waals surface area contributed by atoms with Gasteiger partial charge >= 0.3 is 0 Å². The van der Waals surface area contributed by atoms with Crippen LogP contribution in [0.5, 0.6) is 0 Å². The summed E-state index contributed by atoms with van der Waals surface area (Å²) in [7, 11) is 3.82. The van der Waals surface area contributed by atoms with E-state index in [0.717, 1.165) is 21.4 Å². The lowest BCUT2D eigenvalue weighted by atomic mass is 10.1. The zero-order valence-corrected chi connectivity index (χ0v) is 10.2. The molecule has 0 saturated heterocycles. The van der Waals surface area contributed by atoms with E-state index < -0.39 is 0 Å². The SMILES string of the molecule is CNc1ccc(-c2ccn(C)n2)cc1Br. The van der Waals surface area contributed by atoms with Gasteiger partial charge in [0.25, 0.3) is 0 Å². The highest BCUT2D eigenvalue weighted by Crippen LogP contribution is 2.27. The molecule has 0 bridgehead atoms. The molecular weight excluding hydrogens is 254 g/mol. The second kappa shape index (κ2) is 4.06. The van der Waals surface area contributed by atoms with Crippen molar-refractivity contribution < 1.29 is 0 Å². The monoisotopic (exact) mass is 265 g/mol. The van der Waals surface area contributed by atoms with Crippen molar-refractivity contribution in [3.8, 4) is 11.3 Å². The van der Waals surface area contributed by atoms with Gasteiger partial charge in [0, 0.05) is 36.0 Å². The predicted molar refractivity (Wildman–Crippen MR) is 65.9 cm³/mol. The number of aromatic nitrogens is 2. The van der Waals surface area contributed by atoms with Crippen LogP contribution in [0.15, 0.2) is 34.9 Å². The third-order valence-corrected chi connectivity index (χ3v) is 2.90. The Balaban J connectivity index is 2.42.